The van der Waals surface area contributed by atoms with Crippen LogP contribution in [0, 0.1) is 0 Å². The Morgan fingerprint density at radius 2 is 2.28 bits per heavy atom. The molecule has 2 aromatic heterocycles. The molecule has 14 nitrogen and oxygen atoms in total. The number of nitrogens with two attached hydrogens (primary N) is 1. The Morgan fingerprint density at radius 1 is 1.52 bits per heavy atom. The Labute approximate surface area is 164 Å². The highest BCUT2D eigenvalue weighted by atomic mass is 16.5. The van der Waals surface area contributed by atoms with Crippen LogP contribution in [-0.2, 0) is 9.53 Å². The first-order chi connectivity index (χ1) is 13.9. The summed E-state index contributed by atoms with van der Waals surface area (Å²) in [6.45, 7) is -0.690. The van der Waals surface area contributed by atoms with Gasteiger partial charge in [0.2, 0.25) is 5.91 Å². The summed E-state index contributed by atoms with van der Waals surface area (Å²) in [5.41, 5.74) is 14.9. The summed E-state index contributed by atoms with van der Waals surface area (Å²) in [5, 5.41) is 26.3. The molecule has 1 amide bonds. The van der Waals surface area contributed by atoms with Gasteiger partial charge in [-0.15, -0.1) is 0 Å². The number of imidazole rings is 1. The number of hydrogen-bond donors (Lipinski definition) is 4. The Hall–Kier alpha value is -3.03. The zero-order chi connectivity index (χ0) is 21.1. The van der Waals surface area contributed by atoms with Crippen molar-refractivity contribution in [3.63, 3.8) is 0 Å². The second-order valence-electron chi connectivity index (χ2n) is 6.71. The highest BCUT2D eigenvalue weighted by molar-refractivity contribution is 5.83. The summed E-state index contributed by atoms with van der Waals surface area (Å²) in [6.07, 6.45) is -0.252. The highest BCUT2D eigenvalue weighted by Gasteiger charge is 2.46. The number of amides is 1. The Kier molecular flexibility index (Phi) is 6.10. The molecule has 156 valence electrons. The van der Waals surface area contributed by atoms with Crippen molar-refractivity contribution in [1.29, 1.82) is 0 Å². The molecule has 5 atom stereocenters. The zero-order valence-electron chi connectivity index (χ0n) is 15.8. The SMILES string of the molecule is CN(C)c1ncnc2c1ncn2[C@@H]1O[C@H](CO)C(NC(=O)C(N)CN=[N+]=[N-])[C@@H]1O. The van der Waals surface area contributed by atoms with Crippen LogP contribution in [-0.4, -0.2) is 87.2 Å². The van der Waals surface area contributed by atoms with Gasteiger partial charge in [0.25, 0.3) is 0 Å². The van der Waals surface area contributed by atoms with Crippen LogP contribution in [0.2, 0.25) is 0 Å². The van der Waals surface area contributed by atoms with Crippen molar-refractivity contribution >= 4 is 22.9 Å². The monoisotopic (exact) mass is 406 g/mol. The van der Waals surface area contributed by atoms with E-state index in [0.717, 1.165) is 0 Å². The van der Waals surface area contributed by atoms with Gasteiger partial charge in [0.15, 0.2) is 23.2 Å². The summed E-state index contributed by atoms with van der Waals surface area (Å²) in [4.78, 5) is 29.3. The van der Waals surface area contributed by atoms with E-state index < -0.39 is 43.0 Å². The predicted molar refractivity (Wildman–Crippen MR) is 101 cm³/mol. The molecule has 0 saturated carbocycles. The molecule has 2 unspecified atom stereocenters. The number of aliphatic hydroxyl groups excluding tert-OH is 2. The summed E-state index contributed by atoms with van der Waals surface area (Å²) in [5.74, 6) is -0.0503. The number of nitrogens with one attached hydrogen (secondary N) is 1. The minimum atomic E-state index is -1.22. The number of carbonyl (C=O) groups excluding carboxylic acids is 1. The smallest absolute Gasteiger partial charge is 0.237 e. The van der Waals surface area contributed by atoms with Crippen molar-refractivity contribution in [1.82, 2.24) is 24.8 Å². The standard InChI is InChI=1S/C15H22N10O4/c1-24(2)12-10-13(19-5-18-12)25(6-20-10)15-11(27)9(8(4-26)29-15)22-14(28)7(16)3-21-23-17/h5-9,11,15,26-27H,3-4,16H2,1-2H3,(H,22,28)/t7?,8-,9?,11+,15-/m1/s1. The highest BCUT2D eigenvalue weighted by Crippen LogP contribution is 2.32. The van der Waals surface area contributed by atoms with Crippen LogP contribution in [0.25, 0.3) is 21.6 Å². The average molecular weight is 406 g/mol. The number of hydrogen-bond acceptors (Lipinski definition) is 10. The van der Waals surface area contributed by atoms with Crippen molar-refractivity contribution in [3.8, 4) is 0 Å². The molecule has 1 aliphatic rings. The number of fused-ring (bicyclic) bond motifs is 1. The number of carbonyl (C=O) groups is 1. The van der Waals surface area contributed by atoms with E-state index in [9.17, 15) is 15.0 Å². The lowest BCUT2D eigenvalue weighted by atomic mass is 10.1. The van der Waals surface area contributed by atoms with Crippen molar-refractivity contribution in [2.45, 2.75) is 30.5 Å². The molecule has 1 saturated heterocycles. The summed E-state index contributed by atoms with van der Waals surface area (Å²) >= 11 is 0. The van der Waals surface area contributed by atoms with Crippen LogP contribution in [0.15, 0.2) is 17.8 Å². The lowest BCUT2D eigenvalue weighted by Crippen LogP contribution is -2.53. The first kappa shape index (κ1) is 20.7. The third-order valence-electron chi connectivity index (χ3n) is 4.58. The number of ether oxygens (including phenoxy) is 1. The molecule has 1 aliphatic heterocycles. The molecule has 3 rings (SSSR count). The molecule has 0 aromatic carbocycles. The minimum Gasteiger partial charge on any atom is -0.394 e. The number of anilines is 1. The van der Waals surface area contributed by atoms with E-state index in [4.69, 9.17) is 16.0 Å². The molecule has 0 aliphatic carbocycles. The molecule has 3 heterocycles. The van der Waals surface area contributed by atoms with Crippen LogP contribution < -0.4 is 16.0 Å². The summed E-state index contributed by atoms with van der Waals surface area (Å²) in [7, 11) is 3.63. The summed E-state index contributed by atoms with van der Waals surface area (Å²) < 4.78 is 7.28. The largest absolute Gasteiger partial charge is 0.394 e. The van der Waals surface area contributed by atoms with Crippen molar-refractivity contribution in [3.05, 3.63) is 23.1 Å². The third-order valence-corrected chi connectivity index (χ3v) is 4.58. The van der Waals surface area contributed by atoms with Gasteiger partial charge in [-0.3, -0.25) is 9.36 Å². The molecule has 0 spiro atoms. The first-order valence-electron chi connectivity index (χ1n) is 8.75. The van der Waals surface area contributed by atoms with Gasteiger partial charge in [-0.2, -0.15) is 0 Å². The predicted octanol–water partition coefficient (Wildman–Crippen LogP) is -1.73. The fraction of sp³-hybridized carbons (Fsp3) is 0.600. The van der Waals surface area contributed by atoms with Gasteiger partial charge in [0.1, 0.15) is 18.5 Å². The third kappa shape index (κ3) is 3.92. The second kappa shape index (κ2) is 8.55. The maximum Gasteiger partial charge on any atom is 0.237 e. The molecule has 0 bridgehead atoms. The van der Waals surface area contributed by atoms with Gasteiger partial charge in [-0.25, -0.2) is 15.0 Å². The fourth-order valence-corrected chi connectivity index (χ4v) is 3.14. The maximum atomic E-state index is 12.2. The number of aromatic nitrogens is 4. The van der Waals surface area contributed by atoms with E-state index in [1.807, 2.05) is 14.1 Å². The van der Waals surface area contributed by atoms with Gasteiger partial charge >= 0.3 is 0 Å². The van der Waals surface area contributed by atoms with Crippen molar-refractivity contribution in [2.24, 2.45) is 10.8 Å². The first-order valence-corrected chi connectivity index (χ1v) is 8.75. The Balaban J connectivity index is 1.85. The van der Waals surface area contributed by atoms with Crippen molar-refractivity contribution in [2.75, 3.05) is 32.1 Å². The van der Waals surface area contributed by atoms with Crippen LogP contribution in [0.1, 0.15) is 6.23 Å². The van der Waals surface area contributed by atoms with E-state index in [1.165, 1.54) is 17.2 Å². The topological polar surface area (TPSA) is 200 Å². The molecule has 14 heteroatoms. The van der Waals surface area contributed by atoms with E-state index in [0.29, 0.717) is 17.0 Å². The van der Waals surface area contributed by atoms with E-state index in [-0.39, 0.29) is 6.54 Å². The number of aliphatic hydroxyl groups is 2. The van der Waals surface area contributed by atoms with Gasteiger partial charge < -0.3 is 30.9 Å². The number of rotatable bonds is 7. The molecular weight excluding hydrogens is 384 g/mol. The fourth-order valence-electron chi connectivity index (χ4n) is 3.14. The van der Waals surface area contributed by atoms with Crippen LogP contribution >= 0.6 is 0 Å². The lowest BCUT2D eigenvalue weighted by molar-refractivity contribution is -0.123. The summed E-state index contributed by atoms with van der Waals surface area (Å²) in [6, 6.07) is -2.04. The Bertz CT molecular complexity index is 927. The van der Waals surface area contributed by atoms with Crippen LogP contribution in [0.3, 0.4) is 0 Å². The van der Waals surface area contributed by atoms with Gasteiger partial charge in [0, 0.05) is 25.6 Å². The van der Waals surface area contributed by atoms with E-state index >= 15 is 0 Å². The van der Waals surface area contributed by atoms with Crippen molar-refractivity contribution < 1.29 is 19.7 Å². The van der Waals surface area contributed by atoms with E-state index in [2.05, 4.69) is 30.3 Å². The quantitative estimate of drug-likeness (QED) is 0.234. The maximum absolute atomic E-state index is 12.2. The van der Waals surface area contributed by atoms with E-state index in [1.54, 1.807) is 4.90 Å². The minimum absolute atomic E-state index is 0.240. The Morgan fingerprint density at radius 3 is 2.93 bits per heavy atom. The van der Waals surface area contributed by atoms with Gasteiger partial charge in [0.05, 0.1) is 25.0 Å². The zero-order valence-corrected chi connectivity index (χ0v) is 15.8. The molecule has 0 radical (unpaired) electrons. The molecule has 5 N–H and O–H groups in total. The van der Waals surface area contributed by atoms with Gasteiger partial charge in [-0.1, -0.05) is 5.11 Å². The second-order valence-corrected chi connectivity index (χ2v) is 6.71. The van der Waals surface area contributed by atoms with Crippen LogP contribution in [0.5, 0.6) is 0 Å². The molecule has 2 aromatic rings. The van der Waals surface area contributed by atoms with Gasteiger partial charge in [-0.05, 0) is 5.53 Å². The lowest BCUT2D eigenvalue weighted by Gasteiger charge is -2.22. The van der Waals surface area contributed by atoms with Crippen LogP contribution in [0.4, 0.5) is 5.82 Å². The molecule has 1 fully saturated rings. The normalized spacial score (nSPS) is 24.9. The number of azide groups is 1. The average Bonchev–Trinajstić information content (AvgIpc) is 3.27. The molecular formula is C15H22N10O4. The molecule has 29 heavy (non-hydrogen) atoms. The number of nitrogens with zero attached hydrogens (tertiary/aromatic N) is 8.